The molecule has 2 rings (SSSR count). The summed E-state index contributed by atoms with van der Waals surface area (Å²) in [4.78, 5) is 0. The van der Waals surface area contributed by atoms with Gasteiger partial charge in [-0.1, -0.05) is 0 Å². The van der Waals surface area contributed by atoms with Gasteiger partial charge in [0.05, 0.1) is 26.4 Å². The summed E-state index contributed by atoms with van der Waals surface area (Å²) in [6.07, 6.45) is 0. The van der Waals surface area contributed by atoms with Crippen molar-refractivity contribution in [3.8, 4) is 5.75 Å². The molecule has 0 amide bonds. The Kier molecular flexibility index (Phi) is 3.36. The molecule has 1 aromatic rings. The predicted molar refractivity (Wildman–Crippen MR) is 54.5 cm³/mol. The third kappa shape index (κ3) is 2.15. The van der Waals surface area contributed by atoms with Gasteiger partial charge in [0, 0.05) is 24.2 Å². The molecule has 1 aromatic carbocycles. The second-order valence-electron chi connectivity index (χ2n) is 3.59. The van der Waals surface area contributed by atoms with Gasteiger partial charge in [0.1, 0.15) is 17.4 Å². The van der Waals surface area contributed by atoms with E-state index in [9.17, 15) is 8.78 Å². The lowest BCUT2D eigenvalue weighted by Gasteiger charge is -2.25. The molecular weight excluding hydrogens is 216 g/mol. The van der Waals surface area contributed by atoms with Gasteiger partial charge in [0.25, 0.3) is 0 Å². The summed E-state index contributed by atoms with van der Waals surface area (Å²) in [7, 11) is 1.37. The summed E-state index contributed by atoms with van der Waals surface area (Å²) in [5.41, 5.74) is 0.0144. The zero-order valence-corrected chi connectivity index (χ0v) is 8.93. The van der Waals surface area contributed by atoms with Crippen LogP contribution in [0.15, 0.2) is 12.1 Å². The van der Waals surface area contributed by atoms with Crippen LogP contribution in [0.5, 0.6) is 5.75 Å². The van der Waals surface area contributed by atoms with Gasteiger partial charge in [-0.15, -0.1) is 0 Å². The molecule has 1 aliphatic rings. The van der Waals surface area contributed by atoms with E-state index >= 15 is 0 Å². The summed E-state index contributed by atoms with van der Waals surface area (Å²) in [6, 6.07) is 1.92. The lowest BCUT2D eigenvalue weighted by atomic mass is 10.0. The number of ether oxygens (including phenoxy) is 2. The first-order valence-corrected chi connectivity index (χ1v) is 5.06. The molecule has 16 heavy (non-hydrogen) atoms. The third-order valence-electron chi connectivity index (χ3n) is 2.56. The molecule has 0 unspecified atom stereocenters. The Labute approximate surface area is 92.4 Å². The summed E-state index contributed by atoms with van der Waals surface area (Å²) in [6.45, 7) is 1.44. The molecule has 0 saturated carbocycles. The molecule has 0 aliphatic carbocycles. The first-order chi connectivity index (χ1) is 7.72. The van der Waals surface area contributed by atoms with E-state index in [0.29, 0.717) is 13.2 Å². The summed E-state index contributed by atoms with van der Waals surface area (Å²) >= 11 is 0. The van der Waals surface area contributed by atoms with E-state index in [-0.39, 0.29) is 17.9 Å². The van der Waals surface area contributed by atoms with Crippen molar-refractivity contribution in [2.24, 2.45) is 0 Å². The number of hydrogen-bond donors (Lipinski definition) is 1. The van der Waals surface area contributed by atoms with Crippen LogP contribution in [-0.4, -0.2) is 26.9 Å². The predicted octanol–water partition coefficient (Wildman–Crippen LogP) is 1.63. The van der Waals surface area contributed by atoms with Crippen molar-refractivity contribution in [3.05, 3.63) is 29.3 Å². The molecule has 0 aromatic heterocycles. The molecule has 1 atom stereocenters. The van der Waals surface area contributed by atoms with E-state index < -0.39 is 17.7 Å². The molecule has 88 valence electrons. The van der Waals surface area contributed by atoms with Crippen molar-refractivity contribution >= 4 is 0 Å². The van der Waals surface area contributed by atoms with Crippen LogP contribution in [0.4, 0.5) is 8.78 Å². The van der Waals surface area contributed by atoms with Gasteiger partial charge in [0.2, 0.25) is 0 Å². The highest BCUT2D eigenvalue weighted by Gasteiger charge is 2.23. The van der Waals surface area contributed by atoms with Crippen LogP contribution in [0.3, 0.4) is 0 Å². The number of benzene rings is 1. The van der Waals surface area contributed by atoms with E-state index in [4.69, 9.17) is 9.47 Å². The van der Waals surface area contributed by atoms with Crippen LogP contribution in [0.2, 0.25) is 0 Å². The monoisotopic (exact) mass is 229 g/mol. The highest BCUT2D eigenvalue weighted by molar-refractivity contribution is 5.32. The SMILES string of the molecule is COc1cc(F)c([C@@H]2COCCN2)c(F)c1. The van der Waals surface area contributed by atoms with Gasteiger partial charge in [-0.25, -0.2) is 8.78 Å². The Bertz CT molecular complexity index is 355. The molecule has 1 N–H and O–H groups in total. The first kappa shape index (κ1) is 11.3. The molecule has 1 fully saturated rings. The largest absolute Gasteiger partial charge is 0.497 e. The molecule has 0 bridgehead atoms. The number of halogens is 2. The highest BCUT2D eigenvalue weighted by Crippen LogP contribution is 2.26. The zero-order chi connectivity index (χ0) is 11.5. The van der Waals surface area contributed by atoms with Crippen molar-refractivity contribution < 1.29 is 18.3 Å². The number of hydrogen-bond acceptors (Lipinski definition) is 3. The molecular formula is C11H13F2NO2. The van der Waals surface area contributed by atoms with Gasteiger partial charge >= 0.3 is 0 Å². The van der Waals surface area contributed by atoms with Crippen molar-refractivity contribution in [2.45, 2.75) is 6.04 Å². The average molecular weight is 229 g/mol. The van der Waals surface area contributed by atoms with E-state index in [0.717, 1.165) is 0 Å². The maximum atomic E-state index is 13.7. The molecule has 3 nitrogen and oxygen atoms in total. The van der Waals surface area contributed by atoms with Gasteiger partial charge in [-0.05, 0) is 0 Å². The van der Waals surface area contributed by atoms with Gasteiger partial charge in [-0.3, -0.25) is 0 Å². The summed E-state index contributed by atoms with van der Waals surface area (Å²) in [5, 5.41) is 3.01. The molecule has 5 heteroatoms. The molecule has 0 radical (unpaired) electrons. The number of nitrogens with one attached hydrogen (secondary N) is 1. The second-order valence-corrected chi connectivity index (χ2v) is 3.59. The van der Waals surface area contributed by atoms with Crippen molar-refractivity contribution in [2.75, 3.05) is 26.9 Å². The second kappa shape index (κ2) is 4.76. The summed E-state index contributed by atoms with van der Waals surface area (Å²) < 4.78 is 37.3. The minimum Gasteiger partial charge on any atom is -0.497 e. The fourth-order valence-electron chi connectivity index (χ4n) is 1.76. The van der Waals surface area contributed by atoms with Crippen molar-refractivity contribution in [3.63, 3.8) is 0 Å². The molecule has 1 aliphatic heterocycles. The number of rotatable bonds is 2. The Morgan fingerprint density at radius 1 is 1.38 bits per heavy atom. The van der Waals surface area contributed by atoms with Gasteiger partial charge in [-0.2, -0.15) is 0 Å². The smallest absolute Gasteiger partial charge is 0.134 e. The van der Waals surface area contributed by atoms with Crippen LogP contribution >= 0.6 is 0 Å². The lowest BCUT2D eigenvalue weighted by molar-refractivity contribution is 0.0745. The number of morpholine rings is 1. The maximum absolute atomic E-state index is 13.7. The average Bonchev–Trinajstić information content (AvgIpc) is 2.29. The minimum atomic E-state index is -0.611. The molecule has 0 spiro atoms. The Hall–Kier alpha value is -1.20. The molecule has 1 saturated heterocycles. The van der Waals surface area contributed by atoms with Crippen LogP contribution in [0.1, 0.15) is 11.6 Å². The van der Waals surface area contributed by atoms with Crippen molar-refractivity contribution in [1.82, 2.24) is 5.32 Å². The standard InChI is InChI=1S/C11H13F2NO2/c1-15-7-4-8(12)11(9(13)5-7)10-6-16-3-2-14-10/h4-5,10,14H,2-3,6H2,1H3/t10-/m0/s1. The van der Waals surface area contributed by atoms with Crippen LogP contribution in [0.25, 0.3) is 0 Å². The van der Waals surface area contributed by atoms with Crippen LogP contribution in [-0.2, 0) is 4.74 Å². The summed E-state index contributed by atoms with van der Waals surface area (Å²) in [5.74, 6) is -1.05. The van der Waals surface area contributed by atoms with Crippen molar-refractivity contribution in [1.29, 1.82) is 0 Å². The first-order valence-electron chi connectivity index (χ1n) is 5.06. The van der Waals surface area contributed by atoms with Gasteiger partial charge < -0.3 is 14.8 Å². The number of methoxy groups -OCH3 is 1. The van der Waals surface area contributed by atoms with E-state index in [1.807, 2.05) is 0 Å². The normalized spacial score (nSPS) is 20.8. The van der Waals surface area contributed by atoms with E-state index in [1.165, 1.54) is 19.2 Å². The quantitative estimate of drug-likeness (QED) is 0.836. The molecule has 1 heterocycles. The third-order valence-corrected chi connectivity index (χ3v) is 2.56. The zero-order valence-electron chi connectivity index (χ0n) is 8.93. The Morgan fingerprint density at radius 3 is 2.56 bits per heavy atom. The highest BCUT2D eigenvalue weighted by atomic mass is 19.1. The topological polar surface area (TPSA) is 30.5 Å². The minimum absolute atomic E-state index is 0.0144. The van der Waals surface area contributed by atoms with Crippen LogP contribution in [0, 0.1) is 11.6 Å². The van der Waals surface area contributed by atoms with E-state index in [1.54, 1.807) is 0 Å². The Balaban J connectivity index is 2.32. The van der Waals surface area contributed by atoms with Crippen LogP contribution < -0.4 is 10.1 Å². The fraction of sp³-hybridized carbons (Fsp3) is 0.455. The fourth-order valence-corrected chi connectivity index (χ4v) is 1.76. The van der Waals surface area contributed by atoms with E-state index in [2.05, 4.69) is 5.32 Å². The Morgan fingerprint density at radius 2 is 2.06 bits per heavy atom. The lowest BCUT2D eigenvalue weighted by Crippen LogP contribution is -2.35. The van der Waals surface area contributed by atoms with Gasteiger partial charge in [0.15, 0.2) is 0 Å². The maximum Gasteiger partial charge on any atom is 0.134 e.